The standard InChI is InChI=1S/C41H80Si/c1-4-7-10-13-16-19-22-25-28-33-38-42(41-36-31-32-37-41,39-34-29-26-23-20-17-14-11-8-5-2)40-35-30-27-24-21-18-15-12-9-6-3/h31-32,36-37,41H,4-30,33-35,38-40H2,1-3H3. The molecule has 248 valence electrons. The molecule has 0 aromatic carbocycles. The van der Waals surface area contributed by atoms with Crippen LogP contribution in [0.3, 0.4) is 0 Å². The van der Waals surface area contributed by atoms with Crippen LogP contribution in [0.1, 0.15) is 213 Å². The molecule has 0 aromatic rings. The topological polar surface area (TPSA) is 0 Å². The predicted octanol–water partition coefficient (Wildman–Crippen LogP) is 15.7. The monoisotopic (exact) mass is 601 g/mol. The second kappa shape index (κ2) is 30.7. The van der Waals surface area contributed by atoms with Gasteiger partial charge in [-0.05, 0) is 5.54 Å². The van der Waals surface area contributed by atoms with E-state index in [9.17, 15) is 0 Å². The van der Waals surface area contributed by atoms with Crippen LogP contribution in [-0.4, -0.2) is 8.07 Å². The summed E-state index contributed by atoms with van der Waals surface area (Å²) < 4.78 is 0. The van der Waals surface area contributed by atoms with Crippen LogP contribution >= 0.6 is 0 Å². The molecule has 0 saturated carbocycles. The molecule has 1 heteroatoms. The third-order valence-corrected chi connectivity index (χ3v) is 16.4. The molecule has 0 N–H and O–H groups in total. The second-order valence-electron chi connectivity index (χ2n) is 14.5. The van der Waals surface area contributed by atoms with Crippen molar-refractivity contribution in [3.63, 3.8) is 0 Å². The second-order valence-corrected chi connectivity index (χ2v) is 19.3. The predicted molar refractivity (Wildman–Crippen MR) is 198 cm³/mol. The molecule has 0 fully saturated rings. The number of allylic oxidation sites excluding steroid dienone is 4. The van der Waals surface area contributed by atoms with Gasteiger partial charge in [0.25, 0.3) is 0 Å². The summed E-state index contributed by atoms with van der Waals surface area (Å²) in [6.45, 7) is 6.98. The fraction of sp³-hybridized carbons (Fsp3) is 0.902. The zero-order valence-corrected chi connectivity index (χ0v) is 30.7. The van der Waals surface area contributed by atoms with Gasteiger partial charge in [0.15, 0.2) is 0 Å². The summed E-state index contributed by atoms with van der Waals surface area (Å²) in [4.78, 5) is 0. The minimum absolute atomic E-state index is 0.841. The SMILES string of the molecule is CCCCCCCCCCCC[Si](CCCCCCCCCCCC)(CCCCCCCCCCCC)C1C=CC=C1. The largest absolute Gasteiger partial charge is 0.0803 e. The first-order chi connectivity index (χ1) is 20.8. The van der Waals surface area contributed by atoms with Gasteiger partial charge in [-0.1, -0.05) is 256 Å². The van der Waals surface area contributed by atoms with Crippen molar-refractivity contribution in [2.75, 3.05) is 0 Å². The lowest BCUT2D eigenvalue weighted by molar-refractivity contribution is 0.555. The highest BCUT2D eigenvalue weighted by Crippen LogP contribution is 2.42. The van der Waals surface area contributed by atoms with E-state index in [1.165, 1.54) is 193 Å². The summed E-state index contributed by atoms with van der Waals surface area (Å²) >= 11 is 0. The van der Waals surface area contributed by atoms with Gasteiger partial charge >= 0.3 is 0 Å². The van der Waals surface area contributed by atoms with Crippen molar-refractivity contribution in [2.24, 2.45) is 0 Å². The highest BCUT2D eigenvalue weighted by Gasteiger charge is 2.37. The minimum Gasteiger partial charge on any atom is -0.0803 e. The molecule has 0 saturated heterocycles. The molecule has 1 aliphatic rings. The van der Waals surface area contributed by atoms with E-state index < -0.39 is 8.07 Å². The molecule has 0 unspecified atom stereocenters. The molecule has 0 amide bonds. The fourth-order valence-electron chi connectivity index (χ4n) is 7.61. The zero-order valence-electron chi connectivity index (χ0n) is 29.7. The Morgan fingerprint density at radius 2 is 0.524 bits per heavy atom. The molecule has 0 atom stereocenters. The van der Waals surface area contributed by atoms with Crippen molar-refractivity contribution in [1.29, 1.82) is 0 Å². The lowest BCUT2D eigenvalue weighted by atomic mass is 10.1. The molecule has 0 aromatic heterocycles. The Bertz CT molecular complexity index is 518. The maximum Gasteiger partial charge on any atom is 0.0649 e. The summed E-state index contributed by atoms with van der Waals surface area (Å²) in [5, 5.41) is 0. The maximum absolute atomic E-state index is 2.63. The van der Waals surface area contributed by atoms with Crippen LogP contribution in [0.15, 0.2) is 24.3 Å². The van der Waals surface area contributed by atoms with Gasteiger partial charge in [0.1, 0.15) is 0 Å². The smallest absolute Gasteiger partial charge is 0.0649 e. The van der Waals surface area contributed by atoms with Crippen LogP contribution in [0, 0.1) is 0 Å². The van der Waals surface area contributed by atoms with Gasteiger partial charge in [0, 0.05) is 0 Å². The third-order valence-electron chi connectivity index (χ3n) is 10.5. The van der Waals surface area contributed by atoms with Crippen LogP contribution in [0.4, 0.5) is 0 Å². The van der Waals surface area contributed by atoms with E-state index in [-0.39, 0.29) is 0 Å². The normalized spacial score (nSPS) is 13.6. The number of rotatable bonds is 34. The summed E-state index contributed by atoms with van der Waals surface area (Å²) in [6, 6.07) is 4.83. The summed E-state index contributed by atoms with van der Waals surface area (Å²) in [5.41, 5.74) is 0.841. The zero-order chi connectivity index (χ0) is 30.2. The molecular formula is C41H80Si. The van der Waals surface area contributed by atoms with Crippen LogP contribution in [0.5, 0.6) is 0 Å². The Kier molecular flexibility index (Phi) is 29.0. The van der Waals surface area contributed by atoms with E-state index in [2.05, 4.69) is 45.1 Å². The van der Waals surface area contributed by atoms with Crippen molar-refractivity contribution < 1.29 is 0 Å². The van der Waals surface area contributed by atoms with E-state index in [1.807, 2.05) is 0 Å². The lowest BCUT2D eigenvalue weighted by Gasteiger charge is -2.37. The average molecular weight is 601 g/mol. The van der Waals surface area contributed by atoms with Crippen LogP contribution in [0.25, 0.3) is 0 Å². The molecule has 1 aliphatic carbocycles. The summed E-state index contributed by atoms with van der Waals surface area (Å²) in [6.07, 6.45) is 54.2. The highest BCUT2D eigenvalue weighted by molar-refractivity contribution is 6.82. The highest BCUT2D eigenvalue weighted by atomic mass is 28.3. The van der Waals surface area contributed by atoms with Crippen molar-refractivity contribution >= 4 is 8.07 Å². The van der Waals surface area contributed by atoms with Gasteiger partial charge in [-0.25, -0.2) is 0 Å². The molecule has 0 bridgehead atoms. The number of unbranched alkanes of at least 4 members (excludes halogenated alkanes) is 27. The molecule has 0 radical (unpaired) electrons. The Morgan fingerprint density at radius 1 is 0.310 bits per heavy atom. The minimum atomic E-state index is -1.31. The molecular weight excluding hydrogens is 521 g/mol. The quantitative estimate of drug-likeness (QED) is 0.0509. The fourth-order valence-corrected chi connectivity index (χ4v) is 13.3. The van der Waals surface area contributed by atoms with Gasteiger partial charge in [0.2, 0.25) is 0 Å². The average Bonchev–Trinajstić information content (AvgIpc) is 3.55. The lowest BCUT2D eigenvalue weighted by Crippen LogP contribution is -2.38. The third kappa shape index (κ3) is 22.2. The molecule has 0 heterocycles. The van der Waals surface area contributed by atoms with Crippen molar-refractivity contribution in [1.82, 2.24) is 0 Å². The Hall–Kier alpha value is -0.303. The molecule has 0 aliphatic heterocycles. The van der Waals surface area contributed by atoms with E-state index in [4.69, 9.17) is 0 Å². The van der Waals surface area contributed by atoms with Gasteiger partial charge in [0.05, 0.1) is 8.07 Å². The first-order valence-electron chi connectivity index (χ1n) is 20.1. The van der Waals surface area contributed by atoms with Crippen LogP contribution in [-0.2, 0) is 0 Å². The number of hydrogen-bond acceptors (Lipinski definition) is 0. The van der Waals surface area contributed by atoms with Crippen molar-refractivity contribution in [3.05, 3.63) is 24.3 Å². The summed E-state index contributed by atoms with van der Waals surface area (Å²) in [5.74, 6) is 0. The Labute approximate surface area is 268 Å². The first kappa shape index (κ1) is 39.7. The van der Waals surface area contributed by atoms with Gasteiger partial charge in [-0.2, -0.15) is 0 Å². The van der Waals surface area contributed by atoms with Gasteiger partial charge < -0.3 is 0 Å². The van der Waals surface area contributed by atoms with Crippen LogP contribution in [0.2, 0.25) is 23.7 Å². The molecule has 42 heavy (non-hydrogen) atoms. The van der Waals surface area contributed by atoms with Crippen LogP contribution < -0.4 is 0 Å². The first-order valence-corrected chi connectivity index (χ1v) is 22.8. The molecule has 1 rings (SSSR count). The van der Waals surface area contributed by atoms with E-state index in [0.29, 0.717) is 0 Å². The maximum atomic E-state index is 2.63. The Morgan fingerprint density at radius 3 is 0.762 bits per heavy atom. The Balaban J connectivity index is 2.47. The van der Waals surface area contributed by atoms with Crippen molar-refractivity contribution in [2.45, 2.75) is 237 Å². The van der Waals surface area contributed by atoms with Gasteiger partial charge in [-0.3, -0.25) is 0 Å². The summed E-state index contributed by atoms with van der Waals surface area (Å²) in [7, 11) is -1.31. The molecule has 0 nitrogen and oxygen atoms in total. The van der Waals surface area contributed by atoms with Gasteiger partial charge in [-0.15, -0.1) is 0 Å². The van der Waals surface area contributed by atoms with E-state index in [0.717, 1.165) is 5.54 Å². The molecule has 0 spiro atoms. The number of hydrogen-bond donors (Lipinski definition) is 0. The van der Waals surface area contributed by atoms with E-state index >= 15 is 0 Å². The van der Waals surface area contributed by atoms with Crippen molar-refractivity contribution in [3.8, 4) is 0 Å². The van der Waals surface area contributed by atoms with E-state index in [1.54, 1.807) is 18.1 Å².